The number of hydrogen-bond donors (Lipinski definition) is 0. The predicted octanol–water partition coefficient (Wildman–Crippen LogP) is 11.8. The molecule has 51 heavy (non-hydrogen) atoms. The second-order valence-corrected chi connectivity index (χ2v) is 14.2. The molecule has 0 N–H and O–H groups in total. The molecule has 3 heterocycles. The molecule has 3 aromatic heterocycles. The lowest BCUT2D eigenvalue weighted by Crippen LogP contribution is -2.17. The Morgan fingerprint density at radius 2 is 1.10 bits per heavy atom. The Labute approximate surface area is 294 Å². The summed E-state index contributed by atoms with van der Waals surface area (Å²) in [6, 6.07) is 56.6. The van der Waals surface area contributed by atoms with Crippen LogP contribution in [-0.2, 0) is 5.41 Å². The Morgan fingerprint density at radius 3 is 1.86 bits per heavy atom. The van der Waals surface area contributed by atoms with E-state index in [1.807, 2.05) is 0 Å². The fourth-order valence-electron chi connectivity index (χ4n) is 8.85. The molecule has 240 valence electrons. The third-order valence-corrected chi connectivity index (χ3v) is 11.1. The molecule has 0 saturated carbocycles. The van der Waals surface area contributed by atoms with E-state index in [-0.39, 0.29) is 5.41 Å². The molecular weight excluding hydrogens is 621 g/mol. The standard InChI is InChI=1S/C47H32N4/c1-47(2)38-28-42-37(32-20-11-13-23-40(32)50(42)30-17-7-4-8-18-30)27-36(38)33-25-26-34-31-19-10-14-24-41(31)51(45(34)43(33)47)46-48-39-22-12-9-21-35(39)44(49-46)29-15-5-3-6-16-29/h3-28H,1-2H3. The summed E-state index contributed by atoms with van der Waals surface area (Å²) in [6.07, 6.45) is 0. The van der Waals surface area contributed by atoms with Crippen LogP contribution in [0.5, 0.6) is 0 Å². The van der Waals surface area contributed by atoms with Crippen LogP contribution in [0, 0.1) is 0 Å². The van der Waals surface area contributed by atoms with Gasteiger partial charge in [-0.15, -0.1) is 0 Å². The molecule has 0 spiro atoms. The molecule has 0 radical (unpaired) electrons. The van der Waals surface area contributed by atoms with E-state index in [1.165, 1.54) is 66.0 Å². The molecule has 7 aromatic carbocycles. The zero-order valence-corrected chi connectivity index (χ0v) is 28.3. The van der Waals surface area contributed by atoms with Crippen molar-refractivity contribution < 1.29 is 0 Å². The summed E-state index contributed by atoms with van der Waals surface area (Å²) in [6.45, 7) is 4.77. The maximum atomic E-state index is 5.40. The molecule has 0 aliphatic heterocycles. The summed E-state index contributed by atoms with van der Waals surface area (Å²) in [5.41, 5.74) is 13.7. The van der Waals surface area contributed by atoms with Gasteiger partial charge in [-0.3, -0.25) is 4.57 Å². The lowest BCUT2D eigenvalue weighted by atomic mass is 9.81. The zero-order chi connectivity index (χ0) is 33.8. The number of fused-ring (bicyclic) bond motifs is 11. The van der Waals surface area contributed by atoms with Crippen molar-refractivity contribution in [2.24, 2.45) is 0 Å². The van der Waals surface area contributed by atoms with Crippen molar-refractivity contribution in [1.29, 1.82) is 0 Å². The van der Waals surface area contributed by atoms with Crippen LogP contribution in [0.3, 0.4) is 0 Å². The van der Waals surface area contributed by atoms with Gasteiger partial charge < -0.3 is 4.57 Å². The first-order chi connectivity index (χ1) is 25.1. The smallest absolute Gasteiger partial charge is 0.235 e. The van der Waals surface area contributed by atoms with Gasteiger partial charge in [0, 0.05) is 43.6 Å². The van der Waals surface area contributed by atoms with Gasteiger partial charge in [0.1, 0.15) is 0 Å². The SMILES string of the molecule is CC1(C)c2cc3c(cc2-c2ccc4c5ccccc5n(-c5nc(-c6ccccc6)c6ccccc6n5)c4c21)c1ccccc1n3-c1ccccc1. The zero-order valence-electron chi connectivity index (χ0n) is 28.3. The van der Waals surface area contributed by atoms with Crippen LogP contribution in [0.4, 0.5) is 0 Å². The fraction of sp³-hybridized carbons (Fsp3) is 0.0638. The molecule has 1 aliphatic rings. The Kier molecular flexibility index (Phi) is 5.70. The number of hydrogen-bond acceptors (Lipinski definition) is 2. The molecule has 1 aliphatic carbocycles. The highest BCUT2D eigenvalue weighted by atomic mass is 15.2. The van der Waals surface area contributed by atoms with Crippen molar-refractivity contribution in [2.75, 3.05) is 0 Å². The third-order valence-electron chi connectivity index (χ3n) is 11.1. The minimum absolute atomic E-state index is 0.304. The molecule has 0 saturated heterocycles. The lowest BCUT2D eigenvalue weighted by molar-refractivity contribution is 0.664. The van der Waals surface area contributed by atoms with E-state index < -0.39 is 0 Å². The summed E-state index contributed by atoms with van der Waals surface area (Å²) < 4.78 is 4.75. The molecule has 0 fully saturated rings. The summed E-state index contributed by atoms with van der Waals surface area (Å²) in [5.74, 6) is 0.686. The molecular formula is C47H32N4. The van der Waals surface area contributed by atoms with Gasteiger partial charge in [-0.05, 0) is 64.7 Å². The van der Waals surface area contributed by atoms with Crippen molar-refractivity contribution in [3.8, 4) is 34.0 Å². The van der Waals surface area contributed by atoms with Gasteiger partial charge in [-0.25, -0.2) is 9.97 Å². The van der Waals surface area contributed by atoms with Gasteiger partial charge in [0.25, 0.3) is 0 Å². The van der Waals surface area contributed by atoms with Gasteiger partial charge in [0.05, 0.1) is 33.3 Å². The van der Waals surface area contributed by atoms with Crippen LogP contribution in [0.2, 0.25) is 0 Å². The van der Waals surface area contributed by atoms with Gasteiger partial charge in [-0.2, -0.15) is 0 Å². The van der Waals surface area contributed by atoms with Crippen LogP contribution in [0.1, 0.15) is 25.0 Å². The molecule has 10 aromatic rings. The summed E-state index contributed by atoms with van der Waals surface area (Å²) in [7, 11) is 0. The van der Waals surface area contributed by atoms with Crippen LogP contribution < -0.4 is 0 Å². The highest BCUT2D eigenvalue weighted by Gasteiger charge is 2.40. The Morgan fingerprint density at radius 1 is 0.471 bits per heavy atom. The number of nitrogens with zero attached hydrogens (tertiary/aromatic N) is 4. The molecule has 0 atom stereocenters. The van der Waals surface area contributed by atoms with Gasteiger partial charge >= 0.3 is 0 Å². The van der Waals surface area contributed by atoms with Crippen molar-refractivity contribution >= 4 is 54.5 Å². The number of para-hydroxylation sites is 4. The Balaban J connectivity index is 1.24. The van der Waals surface area contributed by atoms with Gasteiger partial charge in [0.15, 0.2) is 0 Å². The van der Waals surface area contributed by atoms with Crippen molar-refractivity contribution in [1.82, 2.24) is 19.1 Å². The van der Waals surface area contributed by atoms with Gasteiger partial charge in [-0.1, -0.05) is 129 Å². The summed E-state index contributed by atoms with van der Waals surface area (Å²) in [5, 5.41) is 5.99. The predicted molar refractivity (Wildman–Crippen MR) is 211 cm³/mol. The van der Waals surface area contributed by atoms with Crippen LogP contribution in [-0.4, -0.2) is 19.1 Å². The largest absolute Gasteiger partial charge is 0.309 e. The average molecular weight is 653 g/mol. The summed E-state index contributed by atoms with van der Waals surface area (Å²) in [4.78, 5) is 10.7. The molecule has 4 nitrogen and oxygen atoms in total. The monoisotopic (exact) mass is 652 g/mol. The fourth-order valence-corrected chi connectivity index (χ4v) is 8.85. The first kappa shape index (κ1) is 28.3. The Bertz CT molecular complexity index is 3040. The lowest BCUT2D eigenvalue weighted by Gasteiger charge is -2.24. The van der Waals surface area contributed by atoms with Crippen molar-refractivity contribution in [3.63, 3.8) is 0 Å². The third kappa shape index (κ3) is 3.85. The van der Waals surface area contributed by atoms with E-state index in [2.05, 4.69) is 181 Å². The maximum absolute atomic E-state index is 5.40. The average Bonchev–Trinajstić information content (AvgIpc) is 3.77. The van der Waals surface area contributed by atoms with Crippen LogP contribution in [0.15, 0.2) is 158 Å². The highest BCUT2D eigenvalue weighted by Crippen LogP contribution is 2.54. The normalized spacial score (nSPS) is 13.5. The second kappa shape index (κ2) is 10.3. The first-order valence-electron chi connectivity index (χ1n) is 17.6. The van der Waals surface area contributed by atoms with E-state index in [0.717, 1.165) is 27.7 Å². The molecule has 4 heteroatoms. The van der Waals surface area contributed by atoms with Crippen molar-refractivity contribution in [2.45, 2.75) is 19.3 Å². The number of rotatable bonds is 3. The van der Waals surface area contributed by atoms with E-state index in [1.54, 1.807) is 0 Å². The number of benzene rings is 7. The minimum Gasteiger partial charge on any atom is -0.309 e. The molecule has 0 bridgehead atoms. The summed E-state index contributed by atoms with van der Waals surface area (Å²) >= 11 is 0. The minimum atomic E-state index is -0.304. The molecule has 11 rings (SSSR count). The van der Waals surface area contributed by atoms with Crippen LogP contribution in [0.25, 0.3) is 88.5 Å². The van der Waals surface area contributed by atoms with E-state index >= 15 is 0 Å². The maximum Gasteiger partial charge on any atom is 0.235 e. The molecule has 0 unspecified atom stereocenters. The molecule has 0 amide bonds. The van der Waals surface area contributed by atoms with Crippen LogP contribution >= 0.6 is 0 Å². The first-order valence-corrected chi connectivity index (χ1v) is 17.6. The second-order valence-electron chi connectivity index (χ2n) is 14.2. The van der Waals surface area contributed by atoms with E-state index in [4.69, 9.17) is 9.97 Å². The Hall–Kier alpha value is -6.52. The van der Waals surface area contributed by atoms with Crippen molar-refractivity contribution in [3.05, 3.63) is 169 Å². The van der Waals surface area contributed by atoms with Gasteiger partial charge in [0.2, 0.25) is 5.95 Å². The topological polar surface area (TPSA) is 35.6 Å². The highest BCUT2D eigenvalue weighted by molar-refractivity contribution is 6.15. The number of aromatic nitrogens is 4. The van der Waals surface area contributed by atoms with E-state index in [9.17, 15) is 0 Å². The quantitative estimate of drug-likeness (QED) is 0.190. The van der Waals surface area contributed by atoms with E-state index in [0.29, 0.717) is 5.95 Å².